The average Bonchev–Trinajstić information content (AvgIpc) is 3.68. The zero-order valence-electron chi connectivity index (χ0n) is 20.8. The van der Waals surface area contributed by atoms with Crippen LogP contribution in [0, 0.1) is 0 Å². The van der Waals surface area contributed by atoms with E-state index in [9.17, 15) is 9.59 Å². The topological polar surface area (TPSA) is 114 Å². The van der Waals surface area contributed by atoms with E-state index in [0.717, 1.165) is 22.4 Å². The van der Waals surface area contributed by atoms with E-state index < -0.39 is 11.9 Å². The summed E-state index contributed by atoms with van der Waals surface area (Å²) in [6, 6.07) is 21.8. The van der Waals surface area contributed by atoms with Gasteiger partial charge in [-0.25, -0.2) is 0 Å². The van der Waals surface area contributed by atoms with Gasteiger partial charge in [-0.2, -0.15) is 14.9 Å². The van der Waals surface area contributed by atoms with Crippen LogP contribution in [0.2, 0.25) is 5.02 Å². The number of amides is 1. The molecular formula is C29H24ClN7O2. The van der Waals surface area contributed by atoms with Gasteiger partial charge in [-0.1, -0.05) is 66.2 Å². The second kappa shape index (κ2) is 12.2. The number of halogens is 1. The Kier molecular flexibility index (Phi) is 8.09. The third-order valence-electron chi connectivity index (χ3n) is 6.20. The summed E-state index contributed by atoms with van der Waals surface area (Å²) >= 11 is 6.18. The SMILES string of the molecule is O=C(/C=C/c1cc(Cl)ccc1-n1cnnn1)NC(Cc1ccccc1)C(=O)Cc1ccc(C2=NN=CC2)cc1. The molecule has 194 valence electrons. The molecule has 1 aromatic heterocycles. The molecule has 4 aromatic rings. The number of aromatic nitrogens is 4. The second-order valence-corrected chi connectivity index (χ2v) is 9.37. The van der Waals surface area contributed by atoms with Gasteiger partial charge in [0.2, 0.25) is 5.91 Å². The van der Waals surface area contributed by atoms with Gasteiger partial charge >= 0.3 is 0 Å². The highest BCUT2D eigenvalue weighted by Gasteiger charge is 2.21. The normalized spacial score (nSPS) is 13.4. The maximum Gasteiger partial charge on any atom is 0.244 e. The van der Waals surface area contributed by atoms with E-state index in [1.54, 1.807) is 30.5 Å². The van der Waals surface area contributed by atoms with Gasteiger partial charge in [-0.3, -0.25) is 9.59 Å². The van der Waals surface area contributed by atoms with Gasteiger partial charge in [0.25, 0.3) is 0 Å². The first kappa shape index (κ1) is 25.9. The van der Waals surface area contributed by atoms with Crippen molar-refractivity contribution in [3.8, 4) is 5.69 Å². The predicted octanol–water partition coefficient (Wildman–Crippen LogP) is 4.05. The number of hydrogen-bond acceptors (Lipinski definition) is 7. The number of nitrogens with zero attached hydrogens (tertiary/aromatic N) is 6. The van der Waals surface area contributed by atoms with Gasteiger partial charge in [0, 0.05) is 35.7 Å². The van der Waals surface area contributed by atoms with E-state index >= 15 is 0 Å². The van der Waals surface area contributed by atoms with Gasteiger partial charge in [0.1, 0.15) is 6.33 Å². The van der Waals surface area contributed by atoms with Crippen molar-refractivity contribution in [1.29, 1.82) is 0 Å². The fourth-order valence-electron chi connectivity index (χ4n) is 4.21. The minimum absolute atomic E-state index is 0.0907. The molecule has 1 amide bonds. The first-order valence-electron chi connectivity index (χ1n) is 12.3. The maximum absolute atomic E-state index is 13.4. The lowest BCUT2D eigenvalue weighted by Gasteiger charge is -2.17. The summed E-state index contributed by atoms with van der Waals surface area (Å²) < 4.78 is 1.48. The van der Waals surface area contributed by atoms with Crippen molar-refractivity contribution in [2.75, 3.05) is 0 Å². The molecule has 0 fully saturated rings. The Hall–Kier alpha value is -4.76. The minimum atomic E-state index is -0.713. The molecule has 39 heavy (non-hydrogen) atoms. The lowest BCUT2D eigenvalue weighted by molar-refractivity contribution is -0.125. The molecule has 0 spiro atoms. The number of hydrogen-bond donors (Lipinski definition) is 1. The van der Waals surface area contributed by atoms with Crippen LogP contribution in [0.4, 0.5) is 0 Å². The highest BCUT2D eigenvalue weighted by molar-refractivity contribution is 6.30. The van der Waals surface area contributed by atoms with Crippen molar-refractivity contribution in [1.82, 2.24) is 25.5 Å². The summed E-state index contributed by atoms with van der Waals surface area (Å²) in [5, 5.41) is 22.6. The molecule has 2 heterocycles. The lowest BCUT2D eigenvalue weighted by Crippen LogP contribution is -2.42. The molecule has 0 saturated heterocycles. The predicted molar refractivity (Wildman–Crippen MR) is 150 cm³/mol. The minimum Gasteiger partial charge on any atom is -0.342 e. The molecule has 1 atom stereocenters. The van der Waals surface area contributed by atoms with E-state index in [0.29, 0.717) is 29.1 Å². The average molecular weight is 538 g/mol. The zero-order chi connectivity index (χ0) is 27.0. The lowest BCUT2D eigenvalue weighted by atomic mass is 9.96. The smallest absolute Gasteiger partial charge is 0.244 e. The van der Waals surface area contributed by atoms with Crippen molar-refractivity contribution in [2.24, 2.45) is 10.2 Å². The number of carbonyl (C=O) groups is 2. The Balaban J connectivity index is 1.31. The van der Waals surface area contributed by atoms with E-state index in [4.69, 9.17) is 11.6 Å². The fraction of sp³-hybridized carbons (Fsp3) is 0.138. The second-order valence-electron chi connectivity index (χ2n) is 8.93. The summed E-state index contributed by atoms with van der Waals surface area (Å²) in [5.41, 5.74) is 4.99. The molecule has 1 unspecified atom stereocenters. The van der Waals surface area contributed by atoms with Crippen LogP contribution in [0.3, 0.4) is 0 Å². The number of tetrazole rings is 1. The molecule has 3 aromatic carbocycles. The van der Waals surface area contributed by atoms with E-state index in [-0.39, 0.29) is 12.2 Å². The van der Waals surface area contributed by atoms with E-state index in [1.807, 2.05) is 54.6 Å². The van der Waals surface area contributed by atoms with Crippen molar-refractivity contribution in [2.45, 2.75) is 25.3 Å². The quantitative estimate of drug-likeness (QED) is 0.306. The maximum atomic E-state index is 13.4. The van der Waals surface area contributed by atoms with E-state index in [1.165, 1.54) is 17.1 Å². The zero-order valence-corrected chi connectivity index (χ0v) is 21.6. The van der Waals surface area contributed by atoms with Crippen LogP contribution in [-0.2, 0) is 22.4 Å². The molecule has 0 radical (unpaired) electrons. The fourth-order valence-corrected chi connectivity index (χ4v) is 4.39. The van der Waals surface area contributed by atoms with Crippen LogP contribution >= 0.6 is 11.6 Å². The number of ketones is 1. The van der Waals surface area contributed by atoms with Crippen molar-refractivity contribution >= 4 is 41.3 Å². The Morgan fingerprint density at radius 1 is 1.03 bits per heavy atom. The summed E-state index contributed by atoms with van der Waals surface area (Å²) in [4.78, 5) is 26.4. The van der Waals surface area contributed by atoms with Gasteiger partial charge in [-0.15, -0.1) is 5.10 Å². The number of carbonyl (C=O) groups excluding carboxylic acids is 2. The molecule has 0 aliphatic carbocycles. The summed E-state index contributed by atoms with van der Waals surface area (Å²) in [7, 11) is 0. The summed E-state index contributed by atoms with van der Waals surface area (Å²) in [6.45, 7) is 0. The number of Topliss-reactive ketones (excluding diaryl/α,β-unsaturated/α-hetero) is 1. The highest BCUT2D eigenvalue weighted by Crippen LogP contribution is 2.20. The molecule has 9 nitrogen and oxygen atoms in total. The van der Waals surface area contributed by atoms with E-state index in [2.05, 4.69) is 31.0 Å². The van der Waals surface area contributed by atoms with Crippen LogP contribution in [0.25, 0.3) is 11.8 Å². The van der Waals surface area contributed by atoms with Gasteiger partial charge in [-0.05, 0) is 57.8 Å². The first-order valence-corrected chi connectivity index (χ1v) is 12.7. The highest BCUT2D eigenvalue weighted by atomic mass is 35.5. The number of benzene rings is 3. The molecule has 1 aliphatic rings. The molecule has 0 saturated carbocycles. The molecule has 0 bridgehead atoms. The van der Waals surface area contributed by atoms with Crippen LogP contribution < -0.4 is 5.32 Å². The van der Waals surface area contributed by atoms with Crippen LogP contribution in [0.5, 0.6) is 0 Å². The molecule has 1 N–H and O–H groups in total. The van der Waals surface area contributed by atoms with Crippen LogP contribution in [0.15, 0.2) is 95.4 Å². The van der Waals surface area contributed by atoms with Gasteiger partial charge in [0.05, 0.1) is 17.4 Å². The summed E-state index contributed by atoms with van der Waals surface area (Å²) in [6.07, 6.45) is 7.47. The molecular weight excluding hydrogens is 514 g/mol. The summed E-state index contributed by atoms with van der Waals surface area (Å²) in [5.74, 6) is -0.492. The van der Waals surface area contributed by atoms with Crippen molar-refractivity contribution in [3.63, 3.8) is 0 Å². The standard InChI is InChI=1S/C29H24ClN7O2/c30-24-11-12-27(37-19-32-35-36-37)23(18-24)10-13-29(39)33-26(16-20-4-2-1-3-5-20)28(38)17-21-6-8-22(9-7-21)25-14-15-31-34-25/h1-13,15,18-19,26H,14,16-17H2,(H,33,39)/b13-10+. The Labute approximate surface area is 229 Å². The number of nitrogens with one attached hydrogen (secondary N) is 1. The Bertz CT molecular complexity index is 1550. The first-order chi connectivity index (χ1) is 19.0. The monoisotopic (exact) mass is 537 g/mol. The third-order valence-corrected chi connectivity index (χ3v) is 6.43. The van der Waals surface area contributed by atoms with Gasteiger partial charge < -0.3 is 5.32 Å². The largest absolute Gasteiger partial charge is 0.342 e. The van der Waals surface area contributed by atoms with Gasteiger partial charge in [0.15, 0.2) is 5.78 Å². The van der Waals surface area contributed by atoms with Crippen LogP contribution in [0.1, 0.15) is 28.7 Å². The number of rotatable bonds is 10. The molecule has 1 aliphatic heterocycles. The van der Waals surface area contributed by atoms with Crippen LogP contribution in [-0.4, -0.2) is 49.9 Å². The Morgan fingerprint density at radius 2 is 1.85 bits per heavy atom. The molecule has 5 rings (SSSR count). The third kappa shape index (κ3) is 6.77. The van der Waals surface area contributed by atoms with Crippen molar-refractivity contribution in [3.05, 3.63) is 112 Å². The Morgan fingerprint density at radius 3 is 2.56 bits per heavy atom. The van der Waals surface area contributed by atoms with Crippen molar-refractivity contribution < 1.29 is 9.59 Å². The molecule has 10 heteroatoms.